The first-order valence-corrected chi connectivity index (χ1v) is 10.5. The Morgan fingerprint density at radius 1 is 1.21 bits per heavy atom. The lowest BCUT2D eigenvalue weighted by Crippen LogP contribution is -2.21. The minimum absolute atomic E-state index is 0.0340. The minimum atomic E-state index is -4.07. The molecule has 8 nitrogen and oxygen atoms in total. The number of hydrogen-bond acceptors (Lipinski definition) is 6. The van der Waals surface area contributed by atoms with Crippen molar-refractivity contribution < 1.29 is 18.1 Å². The number of nitrogens with zero attached hydrogens (tertiary/aromatic N) is 2. The average Bonchev–Trinajstić information content (AvgIpc) is 3.02. The van der Waals surface area contributed by atoms with Crippen LogP contribution < -0.4 is 9.46 Å². The van der Waals surface area contributed by atoms with Gasteiger partial charge in [-0.15, -0.1) is 0 Å². The van der Waals surface area contributed by atoms with Crippen LogP contribution in [0.3, 0.4) is 0 Å². The Morgan fingerprint density at radius 2 is 1.93 bits per heavy atom. The third-order valence-corrected chi connectivity index (χ3v) is 6.26. The molecule has 1 atom stereocenters. The van der Waals surface area contributed by atoms with E-state index < -0.39 is 20.6 Å². The van der Waals surface area contributed by atoms with E-state index in [1.165, 1.54) is 30.3 Å². The summed E-state index contributed by atoms with van der Waals surface area (Å²) in [4.78, 5) is 12.1. The number of anilines is 1. The van der Waals surface area contributed by atoms with E-state index in [9.17, 15) is 18.5 Å². The van der Waals surface area contributed by atoms with Gasteiger partial charge in [0.05, 0.1) is 20.5 Å². The fourth-order valence-corrected chi connectivity index (χ4v) is 4.26. The molecule has 11 heteroatoms. The van der Waals surface area contributed by atoms with Crippen molar-refractivity contribution in [3.63, 3.8) is 0 Å². The fourth-order valence-electron chi connectivity index (χ4n) is 2.84. The smallest absolute Gasteiger partial charge is 0.289 e. The number of nitrogens with one attached hydrogen (secondary N) is 1. The summed E-state index contributed by atoms with van der Waals surface area (Å²) in [6, 6.07) is 7.77. The Morgan fingerprint density at radius 3 is 2.57 bits per heavy atom. The number of sulfonamides is 1. The summed E-state index contributed by atoms with van der Waals surface area (Å²) in [6.45, 7) is 1.66. The zero-order chi connectivity index (χ0) is 20.5. The quantitative estimate of drug-likeness (QED) is 0.535. The van der Waals surface area contributed by atoms with E-state index in [0.717, 1.165) is 25.6 Å². The van der Waals surface area contributed by atoms with Gasteiger partial charge in [0, 0.05) is 25.2 Å². The maximum Gasteiger partial charge on any atom is 0.289 e. The van der Waals surface area contributed by atoms with Crippen molar-refractivity contribution in [2.24, 2.45) is 0 Å². The molecule has 2 aromatic rings. The number of halogens is 2. The molecule has 2 aromatic carbocycles. The van der Waals surface area contributed by atoms with Crippen LogP contribution in [0.15, 0.2) is 41.3 Å². The molecule has 0 amide bonds. The van der Waals surface area contributed by atoms with Crippen LogP contribution in [0.5, 0.6) is 5.75 Å². The normalized spacial score (nSPS) is 17.5. The lowest BCUT2D eigenvalue weighted by molar-refractivity contribution is -0.384. The Bertz CT molecular complexity index is 1020. The summed E-state index contributed by atoms with van der Waals surface area (Å²) in [7, 11) is -2.08. The van der Waals surface area contributed by atoms with Gasteiger partial charge in [0.1, 0.15) is 16.9 Å². The molecule has 0 aromatic heterocycles. The molecule has 1 heterocycles. The highest BCUT2D eigenvalue weighted by molar-refractivity contribution is 7.92. The molecular formula is C17H17Cl2N3O5S. The highest BCUT2D eigenvalue weighted by Crippen LogP contribution is 2.32. The molecule has 1 saturated heterocycles. The Balaban J connectivity index is 1.83. The van der Waals surface area contributed by atoms with Crippen molar-refractivity contribution in [2.75, 3.05) is 24.9 Å². The van der Waals surface area contributed by atoms with Crippen LogP contribution in [0.2, 0.25) is 10.0 Å². The van der Waals surface area contributed by atoms with Crippen LogP contribution in [-0.2, 0) is 10.0 Å². The predicted molar refractivity (Wildman–Crippen MR) is 107 cm³/mol. The van der Waals surface area contributed by atoms with Gasteiger partial charge in [-0.2, -0.15) is 0 Å². The van der Waals surface area contributed by atoms with E-state index in [2.05, 4.69) is 9.62 Å². The molecule has 1 aliphatic heterocycles. The highest BCUT2D eigenvalue weighted by atomic mass is 35.5. The van der Waals surface area contributed by atoms with E-state index in [1.807, 2.05) is 7.05 Å². The summed E-state index contributed by atoms with van der Waals surface area (Å²) in [5.41, 5.74) is -0.265. The molecule has 3 rings (SSSR count). The molecule has 0 saturated carbocycles. The summed E-state index contributed by atoms with van der Waals surface area (Å²) in [6.07, 6.45) is 0.810. The second-order valence-electron chi connectivity index (χ2n) is 6.41. The van der Waals surface area contributed by atoms with Gasteiger partial charge in [0.25, 0.3) is 15.7 Å². The zero-order valence-electron chi connectivity index (χ0n) is 14.8. The summed E-state index contributed by atoms with van der Waals surface area (Å²) < 4.78 is 33.5. The van der Waals surface area contributed by atoms with Crippen LogP contribution in [-0.4, -0.2) is 44.5 Å². The summed E-state index contributed by atoms with van der Waals surface area (Å²) in [5, 5.41) is 11.2. The van der Waals surface area contributed by atoms with Crippen molar-refractivity contribution in [2.45, 2.75) is 17.4 Å². The van der Waals surface area contributed by atoms with Gasteiger partial charge in [0.15, 0.2) is 0 Å². The van der Waals surface area contributed by atoms with E-state index >= 15 is 0 Å². The fraction of sp³-hybridized carbons (Fsp3) is 0.294. The zero-order valence-corrected chi connectivity index (χ0v) is 17.1. The first kappa shape index (κ1) is 20.7. The second-order valence-corrected chi connectivity index (χ2v) is 8.91. The van der Waals surface area contributed by atoms with Crippen LogP contribution in [0.25, 0.3) is 0 Å². The lowest BCUT2D eigenvalue weighted by Gasteiger charge is -2.16. The standard InChI is InChI=1S/C17H17Cl2N3O5S/c1-21-7-6-12(10-21)27-17-8-11(2-4-15(17)19)20-28(25,26)13-3-5-14(18)16(9-13)22(23)24/h2-5,8-9,12,20H,6-7,10H2,1H3/t12-/m1/s1. The van der Waals surface area contributed by atoms with E-state index in [-0.39, 0.29) is 21.7 Å². The molecule has 0 spiro atoms. The maximum atomic E-state index is 12.6. The van der Waals surface area contributed by atoms with E-state index in [0.29, 0.717) is 10.8 Å². The van der Waals surface area contributed by atoms with Crippen molar-refractivity contribution >= 4 is 44.6 Å². The number of likely N-dealkylation sites (tertiary alicyclic amines) is 1. The second kappa shape index (κ2) is 8.12. The largest absolute Gasteiger partial charge is 0.487 e. The molecule has 0 unspecified atom stereocenters. The SMILES string of the molecule is CN1CC[C@@H](Oc2cc(NS(=O)(=O)c3ccc(Cl)c([N+](=O)[O-])c3)ccc2Cl)C1. The molecule has 0 aliphatic carbocycles. The number of rotatable bonds is 6. The van der Waals surface area contributed by atoms with Crippen molar-refractivity contribution in [1.82, 2.24) is 4.90 Å². The number of hydrogen-bond donors (Lipinski definition) is 1. The molecular weight excluding hydrogens is 429 g/mol. The van der Waals surface area contributed by atoms with E-state index in [1.54, 1.807) is 0 Å². The van der Waals surface area contributed by atoms with Crippen molar-refractivity contribution in [3.8, 4) is 5.75 Å². The van der Waals surface area contributed by atoms with Gasteiger partial charge < -0.3 is 9.64 Å². The van der Waals surface area contributed by atoms with Gasteiger partial charge >= 0.3 is 0 Å². The van der Waals surface area contributed by atoms with Crippen LogP contribution in [0.1, 0.15) is 6.42 Å². The van der Waals surface area contributed by atoms with Crippen molar-refractivity contribution in [1.29, 1.82) is 0 Å². The maximum absolute atomic E-state index is 12.6. The van der Waals surface area contributed by atoms with Gasteiger partial charge in [-0.25, -0.2) is 8.42 Å². The van der Waals surface area contributed by atoms with Gasteiger partial charge in [-0.3, -0.25) is 14.8 Å². The monoisotopic (exact) mass is 445 g/mol. The van der Waals surface area contributed by atoms with Crippen LogP contribution in [0.4, 0.5) is 11.4 Å². The topological polar surface area (TPSA) is 102 Å². The summed E-state index contributed by atoms with van der Waals surface area (Å²) in [5.74, 6) is 0.365. The number of ether oxygens (including phenoxy) is 1. The third-order valence-electron chi connectivity index (χ3n) is 4.25. The Hall–Kier alpha value is -2.07. The van der Waals surface area contributed by atoms with Gasteiger partial charge in [-0.1, -0.05) is 23.2 Å². The van der Waals surface area contributed by atoms with E-state index in [4.69, 9.17) is 27.9 Å². The number of nitro groups is 1. The number of benzene rings is 2. The molecule has 28 heavy (non-hydrogen) atoms. The Labute approximate surface area is 172 Å². The van der Waals surface area contributed by atoms with Crippen LogP contribution >= 0.6 is 23.2 Å². The predicted octanol–water partition coefficient (Wildman–Crippen LogP) is 3.79. The first-order valence-electron chi connectivity index (χ1n) is 8.27. The number of likely N-dealkylation sites (N-methyl/N-ethyl adjacent to an activating group) is 1. The number of nitro benzene ring substituents is 1. The molecule has 1 aliphatic rings. The Kier molecular flexibility index (Phi) is 5.99. The summed E-state index contributed by atoms with van der Waals surface area (Å²) >= 11 is 11.9. The molecule has 1 N–H and O–H groups in total. The van der Waals surface area contributed by atoms with Gasteiger partial charge in [0.2, 0.25) is 0 Å². The van der Waals surface area contributed by atoms with Crippen LogP contribution in [0, 0.1) is 10.1 Å². The lowest BCUT2D eigenvalue weighted by atomic mass is 10.3. The minimum Gasteiger partial charge on any atom is -0.487 e. The molecule has 150 valence electrons. The first-order chi connectivity index (χ1) is 13.2. The average molecular weight is 446 g/mol. The van der Waals surface area contributed by atoms with Gasteiger partial charge in [-0.05, 0) is 37.7 Å². The third kappa shape index (κ3) is 4.67. The molecule has 0 bridgehead atoms. The molecule has 0 radical (unpaired) electrons. The highest BCUT2D eigenvalue weighted by Gasteiger charge is 2.23. The van der Waals surface area contributed by atoms with Crippen molar-refractivity contribution in [3.05, 3.63) is 56.6 Å². The molecule has 1 fully saturated rings.